The van der Waals surface area contributed by atoms with Gasteiger partial charge < -0.3 is 25.2 Å². The van der Waals surface area contributed by atoms with Crippen molar-refractivity contribution < 1.29 is 24.5 Å². The number of ether oxygens (including phenoxy) is 1. The van der Waals surface area contributed by atoms with Gasteiger partial charge in [-0.25, -0.2) is 0 Å². The van der Waals surface area contributed by atoms with Crippen molar-refractivity contribution in [3.05, 3.63) is 0 Å². The maximum atomic E-state index is 14.0. The Hall–Kier alpha value is -1.18. The molecular weight excluding hydrogens is 853 g/mol. The summed E-state index contributed by atoms with van der Waals surface area (Å²) in [6.07, 6.45) is 40.6. The number of hydrogen-bond acceptors (Lipinski definition) is 6. The monoisotopic (exact) mass is 991 g/mol. The molecule has 69 heavy (non-hydrogen) atoms. The third-order valence-corrected chi connectivity index (χ3v) is 11.6. The molecule has 7 heteroatoms. The van der Waals surface area contributed by atoms with Crippen LogP contribution in [0, 0.1) is 17.8 Å². The number of amides is 1. The van der Waals surface area contributed by atoms with E-state index in [2.05, 4.69) is 107 Å². The maximum absolute atomic E-state index is 14.0. The average molecular weight is 992 g/mol. The van der Waals surface area contributed by atoms with Gasteiger partial charge in [-0.2, -0.15) is 0 Å². The Morgan fingerprint density at radius 2 is 0.841 bits per heavy atom. The van der Waals surface area contributed by atoms with Crippen LogP contribution in [0.2, 0.25) is 0 Å². The van der Waals surface area contributed by atoms with Crippen molar-refractivity contribution in [1.29, 1.82) is 0 Å². The zero-order valence-electron chi connectivity index (χ0n) is 51.5. The standard InChI is InChI=1S/C44H88N2O3.C5H12.3C3H8.C2H6.2CH4O/c1-7-12-16-18-19-22-26-34-42(46(38-30-29-37-45-6)44(48)41(11-5)33-15-10-4)35-27-23-20-21-24-28-36-43(47)49-39-40(31-14-9-3)32-25-17-13-8-2;1-4-5(2)3;3*1-3-2;3*1-2/h40-42,45H,7-39H2,1-6H3;5H,4H2,1-3H3;3*3H2,1-2H3;1-2H3;2*2H,1H3. The van der Waals surface area contributed by atoms with Crippen LogP contribution in [-0.2, 0) is 14.3 Å². The number of carbonyl (C=O) groups excluding carboxylic acids is 2. The maximum Gasteiger partial charge on any atom is 0.305 e. The summed E-state index contributed by atoms with van der Waals surface area (Å²) >= 11 is 0. The smallest absolute Gasteiger partial charge is 0.305 e. The molecule has 0 radical (unpaired) electrons. The summed E-state index contributed by atoms with van der Waals surface area (Å²) < 4.78 is 5.75. The highest BCUT2D eigenvalue weighted by molar-refractivity contribution is 5.79. The molecule has 1 amide bonds. The van der Waals surface area contributed by atoms with Crippen molar-refractivity contribution in [2.45, 2.75) is 335 Å². The van der Waals surface area contributed by atoms with Crippen LogP contribution in [0.4, 0.5) is 0 Å². The second-order valence-corrected chi connectivity index (χ2v) is 19.3. The second-order valence-electron chi connectivity index (χ2n) is 19.3. The topological polar surface area (TPSA) is 99.1 Å². The number of rotatable bonds is 39. The van der Waals surface area contributed by atoms with Gasteiger partial charge in [0.15, 0.2) is 0 Å². The molecule has 426 valence electrons. The van der Waals surface area contributed by atoms with Gasteiger partial charge in [0.2, 0.25) is 5.91 Å². The van der Waals surface area contributed by atoms with Crippen molar-refractivity contribution in [3.8, 4) is 0 Å². The quantitative estimate of drug-likeness (QED) is 0.0419. The molecule has 0 aromatic rings. The molecule has 0 aliphatic carbocycles. The summed E-state index contributed by atoms with van der Waals surface area (Å²) in [5, 5.41) is 17.3. The molecule has 0 saturated carbocycles. The van der Waals surface area contributed by atoms with Gasteiger partial charge in [0, 0.05) is 39.1 Å². The molecule has 0 heterocycles. The molecule has 0 rings (SSSR count). The molecule has 0 bridgehead atoms. The SMILES string of the molecule is CC.CCC.CCC.CCC.CCC(C)C.CCCCCCCCCC(CCCCCCCCC(=O)OCC(CCCC)CCCCCC)N(CCCCNC)C(=O)C(CC)CCCC.CO.CO. The van der Waals surface area contributed by atoms with Gasteiger partial charge in [-0.05, 0) is 83.2 Å². The third-order valence-electron chi connectivity index (χ3n) is 11.6. The zero-order valence-corrected chi connectivity index (χ0v) is 51.5. The van der Waals surface area contributed by atoms with Gasteiger partial charge >= 0.3 is 5.97 Å². The Balaban J connectivity index is -0.000000264. The molecular formula is C62H138N2O5. The van der Waals surface area contributed by atoms with Crippen LogP contribution in [0.1, 0.15) is 329 Å². The number of nitrogens with zero attached hydrogens (tertiary/aromatic N) is 1. The minimum Gasteiger partial charge on any atom is -0.465 e. The lowest BCUT2D eigenvalue weighted by atomic mass is 9.93. The lowest BCUT2D eigenvalue weighted by Crippen LogP contribution is -2.44. The van der Waals surface area contributed by atoms with Crippen molar-refractivity contribution >= 4 is 11.9 Å². The summed E-state index contributed by atoms with van der Waals surface area (Å²) in [4.78, 5) is 28.9. The fourth-order valence-electron chi connectivity index (χ4n) is 7.34. The minimum absolute atomic E-state index is 0.00654. The first-order valence-electron chi connectivity index (χ1n) is 30.5. The zero-order chi connectivity index (χ0) is 54.6. The number of aliphatic hydroxyl groups is 2. The van der Waals surface area contributed by atoms with Crippen molar-refractivity contribution in [2.24, 2.45) is 17.8 Å². The largest absolute Gasteiger partial charge is 0.465 e. The van der Waals surface area contributed by atoms with Crippen LogP contribution < -0.4 is 5.32 Å². The summed E-state index contributed by atoms with van der Waals surface area (Å²) in [6, 6.07) is 0.385. The molecule has 0 aromatic heterocycles. The van der Waals surface area contributed by atoms with E-state index in [1.807, 2.05) is 20.9 Å². The highest BCUT2D eigenvalue weighted by atomic mass is 16.5. The van der Waals surface area contributed by atoms with E-state index in [0.717, 1.165) is 97.4 Å². The van der Waals surface area contributed by atoms with Crippen molar-refractivity contribution in [2.75, 3.05) is 41.0 Å². The number of aliphatic hydroxyl groups excluding tert-OH is 2. The van der Waals surface area contributed by atoms with E-state index in [4.69, 9.17) is 14.9 Å². The van der Waals surface area contributed by atoms with E-state index < -0.39 is 0 Å². The van der Waals surface area contributed by atoms with E-state index in [1.54, 1.807) is 0 Å². The molecule has 0 aromatic carbocycles. The van der Waals surface area contributed by atoms with Crippen LogP contribution in [0.25, 0.3) is 0 Å². The van der Waals surface area contributed by atoms with E-state index in [9.17, 15) is 9.59 Å². The van der Waals surface area contributed by atoms with Crippen LogP contribution >= 0.6 is 0 Å². The second kappa shape index (κ2) is 83.7. The molecule has 0 aliphatic rings. The molecule has 0 saturated heterocycles. The summed E-state index contributed by atoms with van der Waals surface area (Å²) in [6.45, 7) is 37.2. The molecule has 0 fully saturated rings. The third kappa shape index (κ3) is 78.5. The summed E-state index contributed by atoms with van der Waals surface area (Å²) in [5.74, 6) is 2.05. The molecule has 7 nitrogen and oxygen atoms in total. The van der Waals surface area contributed by atoms with Gasteiger partial charge in [-0.15, -0.1) is 0 Å². The van der Waals surface area contributed by atoms with E-state index >= 15 is 0 Å². The first kappa shape index (κ1) is 84.6. The highest BCUT2D eigenvalue weighted by Crippen LogP contribution is 2.25. The lowest BCUT2D eigenvalue weighted by Gasteiger charge is -2.35. The number of nitrogens with one attached hydrogen (secondary N) is 1. The van der Waals surface area contributed by atoms with Gasteiger partial charge in [-0.3, -0.25) is 9.59 Å². The first-order valence-corrected chi connectivity index (χ1v) is 30.5. The van der Waals surface area contributed by atoms with Gasteiger partial charge in [-0.1, -0.05) is 265 Å². The number of carbonyl (C=O) groups is 2. The predicted molar refractivity (Wildman–Crippen MR) is 315 cm³/mol. The van der Waals surface area contributed by atoms with Crippen molar-refractivity contribution in [1.82, 2.24) is 10.2 Å². The summed E-state index contributed by atoms with van der Waals surface area (Å²) in [7, 11) is 4.02. The van der Waals surface area contributed by atoms with Crippen LogP contribution in [0.5, 0.6) is 0 Å². The van der Waals surface area contributed by atoms with Crippen molar-refractivity contribution in [3.63, 3.8) is 0 Å². The van der Waals surface area contributed by atoms with Gasteiger partial charge in [0.25, 0.3) is 0 Å². The molecule has 3 atom stereocenters. The number of hydrogen-bond donors (Lipinski definition) is 3. The Bertz CT molecular complexity index is 822. The highest BCUT2D eigenvalue weighted by Gasteiger charge is 2.28. The normalized spacial score (nSPS) is 11.2. The van der Waals surface area contributed by atoms with Crippen LogP contribution in [0.3, 0.4) is 0 Å². The van der Waals surface area contributed by atoms with Gasteiger partial charge in [0.05, 0.1) is 6.61 Å². The molecule has 3 unspecified atom stereocenters. The van der Waals surface area contributed by atoms with E-state index in [-0.39, 0.29) is 11.9 Å². The Morgan fingerprint density at radius 1 is 0.478 bits per heavy atom. The fraction of sp³-hybridized carbons (Fsp3) is 0.968. The van der Waals surface area contributed by atoms with Gasteiger partial charge in [0.1, 0.15) is 0 Å². The Morgan fingerprint density at radius 3 is 1.25 bits per heavy atom. The van der Waals surface area contributed by atoms with Crippen LogP contribution in [0.15, 0.2) is 0 Å². The number of unbranched alkanes of at least 4 members (excludes halogenated alkanes) is 17. The first-order chi connectivity index (χ1) is 33.5. The van der Waals surface area contributed by atoms with E-state index in [1.165, 1.54) is 148 Å². The fourth-order valence-corrected chi connectivity index (χ4v) is 7.34. The van der Waals surface area contributed by atoms with E-state index in [0.29, 0.717) is 30.9 Å². The Labute approximate surface area is 438 Å². The number of esters is 1. The predicted octanol–water partition coefficient (Wildman–Crippen LogP) is 19.5. The molecule has 0 spiro atoms. The minimum atomic E-state index is 0.00654. The summed E-state index contributed by atoms with van der Waals surface area (Å²) in [5.41, 5.74) is 0. The van der Waals surface area contributed by atoms with Crippen LogP contribution in [-0.4, -0.2) is 74.0 Å². The molecule has 0 aliphatic heterocycles. The Kier molecular flexibility index (Phi) is 103. The molecule has 3 N–H and O–H groups in total. The lowest BCUT2D eigenvalue weighted by molar-refractivity contribution is -0.145. The average Bonchev–Trinajstić information content (AvgIpc) is 3.36.